The normalized spacial score (nSPS) is 30.0. The van der Waals surface area contributed by atoms with Gasteiger partial charge < -0.3 is 33.2 Å². The van der Waals surface area contributed by atoms with Gasteiger partial charge in [-0.1, -0.05) is 0 Å². The molecule has 0 amide bonds. The predicted octanol–water partition coefficient (Wildman–Crippen LogP) is -0.0847. The largest absolute Gasteiger partial charge is 0.463 e. The van der Waals surface area contributed by atoms with Crippen LogP contribution in [0.1, 0.15) is 34.6 Å². The van der Waals surface area contributed by atoms with Gasteiger partial charge in [0.1, 0.15) is 12.7 Å². The topological polar surface area (TPSA) is 150 Å². The van der Waals surface area contributed by atoms with Crippen molar-refractivity contribution in [1.82, 2.24) is 0 Å². The number of rotatable bonds is 7. The second-order valence-corrected chi connectivity index (χ2v) is 6.86. The van der Waals surface area contributed by atoms with E-state index in [0.29, 0.717) is 5.57 Å². The van der Waals surface area contributed by atoms with Crippen molar-refractivity contribution in [2.45, 2.75) is 71.6 Å². The Labute approximate surface area is 177 Å². The Balaban J connectivity index is 2.40. The SMILES string of the molecule is CC(=O)OC[C@H]1O[C@@H](O[C@@H]2OC(=O)C=C2C)[C@H](OC(C)=O)[C@@H](OC(C)=O)[C@@H]1OC(C)=O. The molecule has 2 aliphatic heterocycles. The highest BCUT2D eigenvalue weighted by atomic mass is 16.8. The van der Waals surface area contributed by atoms with E-state index in [0.717, 1.165) is 27.7 Å². The van der Waals surface area contributed by atoms with Crippen LogP contribution in [0.2, 0.25) is 0 Å². The highest BCUT2D eigenvalue weighted by Crippen LogP contribution is 2.32. The van der Waals surface area contributed by atoms with Gasteiger partial charge in [-0.05, 0) is 6.92 Å². The molecule has 2 heterocycles. The van der Waals surface area contributed by atoms with Gasteiger partial charge in [0.05, 0.1) is 0 Å². The summed E-state index contributed by atoms with van der Waals surface area (Å²) in [6.07, 6.45) is -6.61. The molecule has 0 spiro atoms. The standard InChI is InChI=1S/C19H24O12/c1-8-6-14(24)30-18(8)31-19-17(28-12(5)23)16(27-11(4)22)15(26-10(3)21)13(29-19)7-25-9(2)20/h6,13,15-19H,7H2,1-5H3/t13-,15-,16+,17-,18+,19+/m1/s1. The van der Waals surface area contributed by atoms with Gasteiger partial charge in [0, 0.05) is 39.3 Å². The van der Waals surface area contributed by atoms with E-state index in [4.69, 9.17) is 33.2 Å². The van der Waals surface area contributed by atoms with E-state index in [9.17, 15) is 24.0 Å². The monoisotopic (exact) mass is 444 g/mol. The maximum atomic E-state index is 11.7. The van der Waals surface area contributed by atoms with Crippen LogP contribution in [0.4, 0.5) is 0 Å². The summed E-state index contributed by atoms with van der Waals surface area (Å²) in [5, 5.41) is 0. The average molecular weight is 444 g/mol. The van der Waals surface area contributed by atoms with Crippen LogP contribution in [-0.4, -0.2) is 73.4 Å². The van der Waals surface area contributed by atoms with Crippen LogP contribution in [0, 0.1) is 0 Å². The van der Waals surface area contributed by atoms with Crippen LogP contribution in [0.3, 0.4) is 0 Å². The Kier molecular flexibility index (Phi) is 8.11. The number of esters is 5. The summed E-state index contributed by atoms with van der Waals surface area (Å²) >= 11 is 0. The molecule has 6 atom stereocenters. The number of ether oxygens (including phenoxy) is 7. The van der Waals surface area contributed by atoms with Gasteiger partial charge >= 0.3 is 29.8 Å². The minimum Gasteiger partial charge on any atom is -0.463 e. The van der Waals surface area contributed by atoms with Gasteiger partial charge in [0.25, 0.3) is 0 Å². The van der Waals surface area contributed by atoms with Crippen LogP contribution in [0.15, 0.2) is 11.6 Å². The molecule has 0 aromatic heterocycles. The van der Waals surface area contributed by atoms with Crippen LogP contribution < -0.4 is 0 Å². The van der Waals surface area contributed by atoms with Crippen molar-refractivity contribution in [3.8, 4) is 0 Å². The van der Waals surface area contributed by atoms with Crippen LogP contribution in [-0.2, 0) is 57.1 Å². The fourth-order valence-corrected chi connectivity index (χ4v) is 3.04. The second kappa shape index (κ2) is 10.4. The van der Waals surface area contributed by atoms with Gasteiger partial charge in [0.15, 0.2) is 18.3 Å². The van der Waals surface area contributed by atoms with Crippen molar-refractivity contribution in [1.29, 1.82) is 0 Å². The summed E-state index contributed by atoms with van der Waals surface area (Å²) < 4.78 is 37.2. The van der Waals surface area contributed by atoms with E-state index in [1.807, 2.05) is 0 Å². The third kappa shape index (κ3) is 6.76. The lowest BCUT2D eigenvalue weighted by molar-refractivity contribution is -0.329. The molecular formula is C19H24O12. The molecule has 172 valence electrons. The predicted molar refractivity (Wildman–Crippen MR) is 96.7 cm³/mol. The molecule has 31 heavy (non-hydrogen) atoms. The lowest BCUT2D eigenvalue weighted by Crippen LogP contribution is -2.63. The summed E-state index contributed by atoms with van der Waals surface area (Å²) in [4.78, 5) is 57.9. The Morgan fingerprint density at radius 3 is 1.90 bits per heavy atom. The van der Waals surface area contributed by atoms with Crippen molar-refractivity contribution in [3.05, 3.63) is 11.6 Å². The summed E-state index contributed by atoms with van der Waals surface area (Å²) in [6.45, 7) is 5.66. The number of hydrogen-bond donors (Lipinski definition) is 0. The zero-order valence-corrected chi connectivity index (χ0v) is 17.6. The molecule has 12 nitrogen and oxygen atoms in total. The zero-order chi connectivity index (χ0) is 23.3. The Morgan fingerprint density at radius 1 is 0.871 bits per heavy atom. The first-order valence-corrected chi connectivity index (χ1v) is 9.32. The maximum Gasteiger partial charge on any atom is 0.333 e. The Morgan fingerprint density at radius 2 is 1.42 bits per heavy atom. The molecule has 2 aliphatic rings. The zero-order valence-electron chi connectivity index (χ0n) is 17.6. The van der Waals surface area contributed by atoms with E-state index in [1.54, 1.807) is 6.92 Å². The fourth-order valence-electron chi connectivity index (χ4n) is 3.04. The van der Waals surface area contributed by atoms with Crippen LogP contribution >= 0.6 is 0 Å². The lowest BCUT2D eigenvalue weighted by atomic mass is 9.98. The molecule has 0 aromatic rings. The van der Waals surface area contributed by atoms with Gasteiger partial charge in [0.2, 0.25) is 12.6 Å². The van der Waals surface area contributed by atoms with E-state index >= 15 is 0 Å². The first kappa shape index (κ1) is 24.3. The van der Waals surface area contributed by atoms with Gasteiger partial charge in [-0.2, -0.15) is 0 Å². The molecule has 0 N–H and O–H groups in total. The lowest BCUT2D eigenvalue weighted by Gasteiger charge is -2.44. The van der Waals surface area contributed by atoms with Crippen molar-refractivity contribution in [2.75, 3.05) is 6.61 Å². The minimum atomic E-state index is -1.43. The first-order chi connectivity index (χ1) is 14.5. The molecule has 2 rings (SSSR count). The fraction of sp³-hybridized carbons (Fsp3) is 0.632. The molecule has 0 bridgehead atoms. The molecule has 0 unspecified atom stereocenters. The van der Waals surface area contributed by atoms with E-state index in [2.05, 4.69) is 0 Å². The molecule has 1 fully saturated rings. The molecule has 12 heteroatoms. The Bertz CT molecular complexity index is 772. The highest BCUT2D eigenvalue weighted by Gasteiger charge is 2.53. The molecule has 0 aliphatic carbocycles. The third-order valence-electron chi connectivity index (χ3n) is 4.15. The van der Waals surface area contributed by atoms with E-state index in [-0.39, 0.29) is 0 Å². The van der Waals surface area contributed by atoms with Crippen LogP contribution in [0.5, 0.6) is 0 Å². The highest BCUT2D eigenvalue weighted by molar-refractivity contribution is 5.85. The third-order valence-corrected chi connectivity index (χ3v) is 4.15. The number of cyclic esters (lactones) is 1. The number of carbonyl (C=O) groups excluding carboxylic acids is 5. The number of hydrogen-bond acceptors (Lipinski definition) is 12. The summed E-state index contributed by atoms with van der Waals surface area (Å²) in [5.74, 6) is -3.57. The van der Waals surface area contributed by atoms with E-state index in [1.165, 1.54) is 6.08 Å². The van der Waals surface area contributed by atoms with Gasteiger partial charge in [-0.15, -0.1) is 0 Å². The Hall–Kier alpha value is -2.99. The van der Waals surface area contributed by atoms with Gasteiger partial charge in [-0.25, -0.2) is 4.79 Å². The molecule has 1 saturated heterocycles. The minimum absolute atomic E-state index is 0.392. The average Bonchev–Trinajstić information content (AvgIpc) is 2.94. The molecule has 0 aromatic carbocycles. The number of carbonyl (C=O) groups is 5. The van der Waals surface area contributed by atoms with Crippen molar-refractivity contribution < 1.29 is 57.1 Å². The summed E-state index contributed by atoms with van der Waals surface area (Å²) in [5.41, 5.74) is 0.415. The molecule has 0 radical (unpaired) electrons. The summed E-state index contributed by atoms with van der Waals surface area (Å²) in [7, 11) is 0. The van der Waals surface area contributed by atoms with Crippen molar-refractivity contribution in [3.63, 3.8) is 0 Å². The maximum absolute atomic E-state index is 11.7. The first-order valence-electron chi connectivity index (χ1n) is 9.32. The quantitative estimate of drug-likeness (QED) is 0.381. The van der Waals surface area contributed by atoms with E-state index < -0.39 is 73.4 Å². The summed E-state index contributed by atoms with van der Waals surface area (Å²) in [6, 6.07) is 0. The second-order valence-electron chi connectivity index (χ2n) is 6.86. The smallest absolute Gasteiger partial charge is 0.333 e. The molecule has 0 saturated carbocycles. The van der Waals surface area contributed by atoms with Crippen LogP contribution in [0.25, 0.3) is 0 Å². The van der Waals surface area contributed by atoms with Gasteiger partial charge in [-0.3, -0.25) is 19.2 Å². The van der Waals surface area contributed by atoms with Crippen molar-refractivity contribution >= 4 is 29.8 Å². The molecular weight excluding hydrogens is 420 g/mol. The van der Waals surface area contributed by atoms with Crippen molar-refractivity contribution in [2.24, 2.45) is 0 Å².